The lowest BCUT2D eigenvalue weighted by atomic mass is 10.0. The summed E-state index contributed by atoms with van der Waals surface area (Å²) in [5.41, 5.74) is 1.53. The molecule has 2 N–H and O–H groups in total. The van der Waals surface area contributed by atoms with Gasteiger partial charge in [-0.2, -0.15) is 0 Å². The molecule has 0 radical (unpaired) electrons. The standard InChI is InChI=1S/C12H13N3O/c1-13-8-11(16)9-4-2-3-5-10(9)12-14-6-7-15-12/h2-7,13H,8H2,1H3,(H,14,15). The Kier molecular flexibility index (Phi) is 3.12. The summed E-state index contributed by atoms with van der Waals surface area (Å²) in [6.45, 7) is 0.331. The number of carbonyl (C=O) groups is 1. The van der Waals surface area contributed by atoms with Crippen LogP contribution in [0.5, 0.6) is 0 Å². The first-order chi connectivity index (χ1) is 7.83. The average molecular weight is 215 g/mol. The minimum atomic E-state index is 0.0644. The SMILES string of the molecule is CNCC(=O)c1ccccc1-c1ncc[nH]1. The van der Waals surface area contributed by atoms with E-state index in [1.807, 2.05) is 24.3 Å². The fraction of sp³-hybridized carbons (Fsp3) is 0.167. The van der Waals surface area contributed by atoms with Gasteiger partial charge in [0.2, 0.25) is 0 Å². The maximum absolute atomic E-state index is 11.9. The van der Waals surface area contributed by atoms with Crippen molar-refractivity contribution < 1.29 is 4.79 Å². The molecule has 0 unspecified atom stereocenters. The van der Waals surface area contributed by atoms with Gasteiger partial charge in [0.25, 0.3) is 0 Å². The molecule has 0 saturated heterocycles. The van der Waals surface area contributed by atoms with Gasteiger partial charge in [-0.1, -0.05) is 24.3 Å². The van der Waals surface area contributed by atoms with Gasteiger partial charge < -0.3 is 10.3 Å². The van der Waals surface area contributed by atoms with Crippen molar-refractivity contribution in [2.24, 2.45) is 0 Å². The first-order valence-electron chi connectivity index (χ1n) is 5.09. The number of rotatable bonds is 4. The van der Waals surface area contributed by atoms with Crippen LogP contribution in [0.15, 0.2) is 36.7 Å². The molecular weight excluding hydrogens is 202 g/mol. The van der Waals surface area contributed by atoms with E-state index >= 15 is 0 Å². The monoisotopic (exact) mass is 215 g/mol. The zero-order valence-electron chi connectivity index (χ0n) is 9.03. The van der Waals surface area contributed by atoms with Gasteiger partial charge in [-0.05, 0) is 7.05 Å². The molecule has 0 aliphatic rings. The van der Waals surface area contributed by atoms with Gasteiger partial charge >= 0.3 is 0 Å². The van der Waals surface area contributed by atoms with Crippen LogP contribution in [0, 0.1) is 0 Å². The Labute approximate surface area is 93.7 Å². The number of nitrogens with one attached hydrogen (secondary N) is 2. The quantitative estimate of drug-likeness (QED) is 0.759. The number of nitrogens with zero attached hydrogens (tertiary/aromatic N) is 1. The van der Waals surface area contributed by atoms with Crippen molar-refractivity contribution in [3.63, 3.8) is 0 Å². The van der Waals surface area contributed by atoms with E-state index in [1.165, 1.54) is 0 Å². The highest BCUT2D eigenvalue weighted by Gasteiger charge is 2.12. The molecule has 0 saturated carbocycles. The molecule has 2 rings (SSSR count). The van der Waals surface area contributed by atoms with Crippen molar-refractivity contribution >= 4 is 5.78 Å². The summed E-state index contributed by atoms with van der Waals surface area (Å²) in [6, 6.07) is 7.46. The van der Waals surface area contributed by atoms with Crippen LogP contribution in [0.3, 0.4) is 0 Å². The van der Waals surface area contributed by atoms with E-state index < -0.39 is 0 Å². The molecule has 16 heavy (non-hydrogen) atoms. The zero-order chi connectivity index (χ0) is 11.4. The third-order valence-corrected chi connectivity index (χ3v) is 2.32. The lowest BCUT2D eigenvalue weighted by Gasteiger charge is -2.05. The molecular formula is C12H13N3O. The summed E-state index contributed by atoms with van der Waals surface area (Å²) >= 11 is 0. The van der Waals surface area contributed by atoms with E-state index in [0.29, 0.717) is 12.1 Å². The fourth-order valence-corrected chi connectivity index (χ4v) is 1.60. The Bertz CT molecular complexity index is 477. The number of imidazole rings is 1. The molecule has 0 spiro atoms. The minimum absolute atomic E-state index is 0.0644. The fourth-order valence-electron chi connectivity index (χ4n) is 1.60. The van der Waals surface area contributed by atoms with E-state index in [4.69, 9.17) is 0 Å². The number of likely N-dealkylation sites (N-methyl/N-ethyl adjacent to an activating group) is 1. The lowest BCUT2D eigenvalue weighted by molar-refractivity contribution is 0.0994. The van der Waals surface area contributed by atoms with Crippen LogP contribution in [0.2, 0.25) is 0 Å². The predicted octanol–water partition coefficient (Wildman–Crippen LogP) is 1.48. The number of aromatic amines is 1. The molecule has 4 nitrogen and oxygen atoms in total. The number of aromatic nitrogens is 2. The second kappa shape index (κ2) is 4.72. The van der Waals surface area contributed by atoms with Crippen LogP contribution >= 0.6 is 0 Å². The number of H-pyrrole nitrogens is 1. The largest absolute Gasteiger partial charge is 0.345 e. The Morgan fingerprint density at radius 2 is 2.25 bits per heavy atom. The second-order valence-corrected chi connectivity index (χ2v) is 3.44. The van der Waals surface area contributed by atoms with Gasteiger partial charge in [-0.3, -0.25) is 4.79 Å². The summed E-state index contributed by atoms with van der Waals surface area (Å²) in [6.07, 6.45) is 3.42. The van der Waals surface area contributed by atoms with Crippen molar-refractivity contribution in [2.45, 2.75) is 0 Å². The van der Waals surface area contributed by atoms with E-state index in [0.717, 1.165) is 11.4 Å². The normalized spacial score (nSPS) is 10.3. The molecule has 1 aromatic heterocycles. The Balaban J connectivity index is 2.42. The smallest absolute Gasteiger partial charge is 0.177 e. The van der Waals surface area contributed by atoms with Gasteiger partial charge in [0.1, 0.15) is 5.82 Å². The number of ketones is 1. The van der Waals surface area contributed by atoms with Crippen LogP contribution < -0.4 is 5.32 Å². The van der Waals surface area contributed by atoms with E-state index in [1.54, 1.807) is 19.4 Å². The van der Waals surface area contributed by atoms with Gasteiger partial charge in [0, 0.05) is 23.5 Å². The predicted molar refractivity (Wildman–Crippen MR) is 62.3 cm³/mol. The highest BCUT2D eigenvalue weighted by atomic mass is 16.1. The molecule has 0 aliphatic heterocycles. The Morgan fingerprint density at radius 1 is 1.44 bits per heavy atom. The summed E-state index contributed by atoms with van der Waals surface area (Å²) in [7, 11) is 1.76. The van der Waals surface area contributed by atoms with Crippen molar-refractivity contribution in [1.29, 1.82) is 0 Å². The Hall–Kier alpha value is -1.94. The van der Waals surface area contributed by atoms with Crippen LogP contribution in [0.4, 0.5) is 0 Å². The van der Waals surface area contributed by atoms with Gasteiger partial charge in [0.15, 0.2) is 5.78 Å². The third kappa shape index (κ3) is 2.01. The molecule has 1 aromatic carbocycles. The number of carbonyl (C=O) groups excluding carboxylic acids is 1. The van der Waals surface area contributed by atoms with E-state index in [-0.39, 0.29) is 5.78 Å². The van der Waals surface area contributed by atoms with Gasteiger partial charge in [-0.25, -0.2) is 4.98 Å². The summed E-state index contributed by atoms with van der Waals surface area (Å²) < 4.78 is 0. The first kappa shape index (κ1) is 10.6. The number of benzene rings is 1. The number of hydrogen-bond donors (Lipinski definition) is 2. The van der Waals surface area contributed by atoms with Gasteiger partial charge in [0.05, 0.1) is 6.54 Å². The Morgan fingerprint density at radius 3 is 2.94 bits per heavy atom. The zero-order valence-corrected chi connectivity index (χ0v) is 9.03. The topological polar surface area (TPSA) is 57.8 Å². The number of hydrogen-bond acceptors (Lipinski definition) is 3. The van der Waals surface area contributed by atoms with Gasteiger partial charge in [-0.15, -0.1) is 0 Å². The average Bonchev–Trinajstić information content (AvgIpc) is 2.83. The summed E-state index contributed by atoms with van der Waals surface area (Å²) in [5, 5.41) is 2.86. The van der Waals surface area contributed by atoms with Crippen molar-refractivity contribution in [1.82, 2.24) is 15.3 Å². The maximum Gasteiger partial charge on any atom is 0.177 e. The molecule has 2 aromatic rings. The lowest BCUT2D eigenvalue weighted by Crippen LogP contribution is -2.19. The van der Waals surface area contributed by atoms with E-state index in [9.17, 15) is 4.79 Å². The van der Waals surface area contributed by atoms with Crippen molar-refractivity contribution in [2.75, 3.05) is 13.6 Å². The molecule has 1 heterocycles. The molecule has 0 aliphatic carbocycles. The highest BCUT2D eigenvalue weighted by molar-refractivity contribution is 6.02. The van der Waals surface area contributed by atoms with Crippen LogP contribution in [0.1, 0.15) is 10.4 Å². The highest BCUT2D eigenvalue weighted by Crippen LogP contribution is 2.19. The van der Waals surface area contributed by atoms with E-state index in [2.05, 4.69) is 15.3 Å². The first-order valence-corrected chi connectivity index (χ1v) is 5.09. The molecule has 0 bridgehead atoms. The number of Topliss-reactive ketones (excluding diaryl/α,β-unsaturated/α-hetero) is 1. The van der Waals surface area contributed by atoms with Crippen molar-refractivity contribution in [3.05, 3.63) is 42.2 Å². The molecule has 4 heteroatoms. The second-order valence-electron chi connectivity index (χ2n) is 3.44. The van der Waals surface area contributed by atoms with Crippen LogP contribution in [-0.4, -0.2) is 29.3 Å². The van der Waals surface area contributed by atoms with Crippen molar-refractivity contribution in [3.8, 4) is 11.4 Å². The minimum Gasteiger partial charge on any atom is -0.345 e. The maximum atomic E-state index is 11.9. The molecule has 82 valence electrons. The van der Waals surface area contributed by atoms with Crippen LogP contribution in [-0.2, 0) is 0 Å². The summed E-state index contributed by atoms with van der Waals surface area (Å²) in [4.78, 5) is 19.0. The molecule has 0 amide bonds. The molecule has 0 atom stereocenters. The summed E-state index contributed by atoms with van der Waals surface area (Å²) in [5.74, 6) is 0.787. The molecule has 0 fully saturated rings. The van der Waals surface area contributed by atoms with Crippen LogP contribution in [0.25, 0.3) is 11.4 Å². The third-order valence-electron chi connectivity index (χ3n) is 2.32.